The third-order valence-electron chi connectivity index (χ3n) is 3.99. The van der Waals surface area contributed by atoms with Crippen LogP contribution in [0.15, 0.2) is 60.7 Å². The molecule has 0 aliphatic carbocycles. The lowest BCUT2D eigenvalue weighted by Crippen LogP contribution is -2.24. The van der Waals surface area contributed by atoms with E-state index in [1.54, 1.807) is 45.0 Å². The number of anilines is 2. The van der Waals surface area contributed by atoms with Crippen LogP contribution < -0.4 is 10.5 Å². The van der Waals surface area contributed by atoms with Crippen LogP contribution in [0.25, 0.3) is 0 Å². The lowest BCUT2D eigenvalue weighted by molar-refractivity contribution is 0.586. The molecule has 0 heterocycles. The topological polar surface area (TPSA) is 106 Å². The Kier molecular flexibility index (Phi) is 12.6. The van der Waals surface area contributed by atoms with Crippen molar-refractivity contribution >= 4 is 41.1 Å². The molecule has 0 fully saturated rings. The van der Waals surface area contributed by atoms with Crippen LogP contribution in [-0.2, 0) is 19.1 Å². The Morgan fingerprint density at radius 3 is 1.52 bits per heavy atom. The predicted molar refractivity (Wildman–Crippen MR) is 124 cm³/mol. The van der Waals surface area contributed by atoms with Gasteiger partial charge in [-0.3, -0.25) is 4.72 Å². The second kappa shape index (κ2) is 13.5. The van der Waals surface area contributed by atoms with E-state index in [0.29, 0.717) is 18.5 Å². The number of nitrogens with two attached hydrogens (primary N) is 1. The first kappa shape index (κ1) is 27.2. The van der Waals surface area contributed by atoms with Crippen LogP contribution in [0.4, 0.5) is 11.4 Å². The van der Waals surface area contributed by atoms with E-state index < -0.39 is 24.3 Å². The lowest BCUT2D eigenvalue weighted by atomic mass is 10.3. The molecule has 2 atom stereocenters. The fraction of sp³-hybridized carbons (Fsp3) is 0.400. The first-order chi connectivity index (χ1) is 13.4. The smallest absolute Gasteiger partial charge is 0.235 e. The molecule has 0 saturated heterocycles. The molecule has 3 N–H and O–H groups in total. The summed E-state index contributed by atoms with van der Waals surface area (Å²) in [5, 5.41) is -0.771. The quantitative estimate of drug-likeness (QED) is 0.471. The van der Waals surface area contributed by atoms with Gasteiger partial charge in [0, 0.05) is 22.1 Å². The number of hydrogen-bond acceptors (Lipinski definition) is 5. The zero-order valence-electron chi connectivity index (χ0n) is 17.2. The molecule has 0 bridgehead atoms. The summed E-state index contributed by atoms with van der Waals surface area (Å²) in [7, 11) is -1.54. The van der Waals surface area contributed by atoms with Gasteiger partial charge in [0.2, 0.25) is 19.1 Å². The monoisotopic (exact) mass is 462 g/mol. The van der Waals surface area contributed by atoms with Crippen LogP contribution >= 0.6 is 10.7 Å². The molecule has 2 aromatic carbocycles. The summed E-state index contributed by atoms with van der Waals surface area (Å²) in [5.41, 5.74) is 6.80. The molecule has 6 nitrogen and oxygen atoms in total. The summed E-state index contributed by atoms with van der Waals surface area (Å²) < 4.78 is 46.4. The van der Waals surface area contributed by atoms with Crippen molar-refractivity contribution in [2.45, 2.75) is 51.0 Å². The van der Waals surface area contributed by atoms with Gasteiger partial charge in [0.1, 0.15) is 0 Å². The number of nitrogens with one attached hydrogen (secondary N) is 1. The van der Waals surface area contributed by atoms with Gasteiger partial charge in [0.15, 0.2) is 0 Å². The minimum Gasteiger partial charge on any atom is -0.399 e. The van der Waals surface area contributed by atoms with Crippen LogP contribution in [-0.4, -0.2) is 27.3 Å². The van der Waals surface area contributed by atoms with Crippen molar-refractivity contribution in [3.05, 3.63) is 60.7 Å². The lowest BCUT2D eigenvalue weighted by Gasteiger charge is -2.12. The van der Waals surface area contributed by atoms with Gasteiger partial charge in [-0.1, -0.05) is 50.2 Å². The normalized spacial score (nSPS) is 13.0. The maximum absolute atomic E-state index is 11.6. The Labute approximate surface area is 180 Å². The molecule has 0 radical (unpaired) electrons. The number of nitrogen functional groups attached to an aromatic ring is 1. The Hall–Kier alpha value is -1.77. The molecule has 164 valence electrons. The molecule has 29 heavy (non-hydrogen) atoms. The molecular weight excluding hydrogens is 432 g/mol. The molecule has 2 unspecified atom stereocenters. The molecule has 0 aliphatic rings. The minimum atomic E-state index is -3.28. The highest BCUT2D eigenvalue weighted by molar-refractivity contribution is 8.14. The number of para-hydroxylation sites is 2. The van der Waals surface area contributed by atoms with Crippen molar-refractivity contribution < 1.29 is 16.8 Å². The Morgan fingerprint density at radius 2 is 1.24 bits per heavy atom. The number of sulfonamides is 1. The van der Waals surface area contributed by atoms with Gasteiger partial charge in [-0.2, -0.15) is 0 Å². The maximum atomic E-state index is 11.6. The van der Waals surface area contributed by atoms with E-state index in [0.717, 1.165) is 5.69 Å². The van der Waals surface area contributed by atoms with Crippen molar-refractivity contribution in [2.75, 3.05) is 10.5 Å². The van der Waals surface area contributed by atoms with E-state index in [4.69, 9.17) is 16.4 Å². The van der Waals surface area contributed by atoms with Crippen molar-refractivity contribution in [3.8, 4) is 0 Å². The maximum Gasteiger partial charge on any atom is 0.235 e. The van der Waals surface area contributed by atoms with Gasteiger partial charge in [0.25, 0.3) is 0 Å². The molecular formula is C20H31ClN2O4S2. The highest BCUT2D eigenvalue weighted by Gasteiger charge is 2.18. The second-order valence-electron chi connectivity index (χ2n) is 6.34. The van der Waals surface area contributed by atoms with Gasteiger partial charge in [-0.05, 0) is 51.0 Å². The standard InChI is InChI=1S/C10H15NO2S.C6H7N.C4H9ClO2S/c1-3-9(2)14(12,13)11-10-7-5-4-6-8-10;7-6-4-2-1-3-5-6;1-3-4(2)8(5,6)7/h4-9,11H,3H2,1-2H3;1-5H,7H2;4H,3H2,1-2H3. The Morgan fingerprint density at radius 1 is 0.828 bits per heavy atom. The van der Waals surface area contributed by atoms with E-state index in [1.165, 1.54) is 0 Å². The molecule has 0 spiro atoms. The summed E-state index contributed by atoms with van der Waals surface area (Å²) in [6.45, 7) is 6.92. The second-order valence-corrected chi connectivity index (χ2v) is 11.5. The fourth-order valence-electron chi connectivity index (χ4n) is 1.64. The van der Waals surface area contributed by atoms with Gasteiger partial charge in [0.05, 0.1) is 10.5 Å². The summed E-state index contributed by atoms with van der Waals surface area (Å²) in [4.78, 5) is 0. The first-order valence-electron chi connectivity index (χ1n) is 9.24. The van der Waals surface area contributed by atoms with E-state index in [1.807, 2.05) is 43.3 Å². The third kappa shape index (κ3) is 12.4. The SMILES string of the molecule is CCC(C)S(=O)(=O)Cl.CCC(C)S(=O)(=O)Nc1ccccc1.Nc1ccccc1. The zero-order valence-corrected chi connectivity index (χ0v) is 19.6. The first-order valence-corrected chi connectivity index (χ1v) is 13.2. The van der Waals surface area contributed by atoms with Crippen LogP contribution in [0.5, 0.6) is 0 Å². The molecule has 0 amide bonds. The van der Waals surface area contributed by atoms with Crippen LogP contribution in [0.2, 0.25) is 0 Å². The number of rotatable bonds is 6. The van der Waals surface area contributed by atoms with Crippen LogP contribution in [0.1, 0.15) is 40.5 Å². The van der Waals surface area contributed by atoms with Crippen molar-refractivity contribution in [1.82, 2.24) is 0 Å². The molecule has 2 rings (SSSR count). The Bertz CT molecular complexity index is 891. The average Bonchev–Trinajstić information content (AvgIpc) is 2.68. The van der Waals surface area contributed by atoms with Crippen molar-refractivity contribution in [2.24, 2.45) is 0 Å². The zero-order chi connectivity index (χ0) is 22.5. The highest BCUT2D eigenvalue weighted by atomic mass is 35.7. The molecule has 9 heteroatoms. The van der Waals surface area contributed by atoms with Gasteiger partial charge in [-0.15, -0.1) is 0 Å². The van der Waals surface area contributed by atoms with Crippen LogP contribution in [0, 0.1) is 0 Å². The van der Waals surface area contributed by atoms with Crippen molar-refractivity contribution in [3.63, 3.8) is 0 Å². The van der Waals surface area contributed by atoms with E-state index >= 15 is 0 Å². The molecule has 0 aliphatic heterocycles. The third-order valence-corrected chi connectivity index (χ3v) is 8.11. The summed E-state index contributed by atoms with van der Waals surface area (Å²) >= 11 is 0. The molecule has 0 saturated carbocycles. The molecule has 0 aromatic heterocycles. The van der Waals surface area contributed by atoms with E-state index in [2.05, 4.69) is 4.72 Å². The summed E-state index contributed by atoms with van der Waals surface area (Å²) in [5.74, 6) is 0. The minimum absolute atomic E-state index is 0.359. The number of hydrogen-bond donors (Lipinski definition) is 2. The van der Waals surface area contributed by atoms with E-state index in [-0.39, 0.29) is 5.25 Å². The van der Waals surface area contributed by atoms with Gasteiger partial charge < -0.3 is 5.73 Å². The average molecular weight is 463 g/mol. The highest BCUT2D eigenvalue weighted by Crippen LogP contribution is 2.12. The van der Waals surface area contributed by atoms with Crippen molar-refractivity contribution in [1.29, 1.82) is 0 Å². The fourth-order valence-corrected chi connectivity index (χ4v) is 3.52. The van der Waals surface area contributed by atoms with Crippen LogP contribution in [0.3, 0.4) is 0 Å². The summed E-state index contributed by atoms with van der Waals surface area (Å²) in [6.07, 6.45) is 1.19. The number of halogens is 1. The Balaban J connectivity index is 0.000000444. The summed E-state index contributed by atoms with van der Waals surface area (Å²) in [6, 6.07) is 18.4. The largest absolute Gasteiger partial charge is 0.399 e. The number of benzene rings is 2. The van der Waals surface area contributed by atoms with Gasteiger partial charge in [-0.25, -0.2) is 16.8 Å². The molecule has 2 aromatic rings. The van der Waals surface area contributed by atoms with Gasteiger partial charge >= 0.3 is 0 Å². The van der Waals surface area contributed by atoms with E-state index in [9.17, 15) is 16.8 Å². The predicted octanol–water partition coefficient (Wildman–Crippen LogP) is 4.85.